The van der Waals surface area contributed by atoms with Crippen LogP contribution in [0.4, 0.5) is 0 Å². The van der Waals surface area contributed by atoms with Gasteiger partial charge in [0.15, 0.2) is 5.92 Å². The third-order valence-electron chi connectivity index (χ3n) is 4.16. The van der Waals surface area contributed by atoms with Gasteiger partial charge in [-0.1, -0.05) is 20.4 Å². The summed E-state index contributed by atoms with van der Waals surface area (Å²) >= 11 is 1.25. The lowest BCUT2D eigenvalue weighted by Crippen LogP contribution is -2.40. The van der Waals surface area contributed by atoms with E-state index in [9.17, 15) is 15.3 Å². The Kier molecular flexibility index (Phi) is 6.72. The third-order valence-corrected chi connectivity index (χ3v) is 5.28. The largest absolute Gasteiger partial charge is 0.501 e. The summed E-state index contributed by atoms with van der Waals surface area (Å²) in [5.41, 5.74) is -1.02. The van der Waals surface area contributed by atoms with Gasteiger partial charge in [-0.15, -0.1) is 11.3 Å². The van der Waals surface area contributed by atoms with Gasteiger partial charge in [0.1, 0.15) is 10.4 Å². The van der Waals surface area contributed by atoms with Gasteiger partial charge in [-0.2, -0.15) is 10.5 Å². The molecule has 0 saturated carbocycles. The Bertz CT molecular complexity index is 713. The summed E-state index contributed by atoms with van der Waals surface area (Å²) < 4.78 is 10.3. The van der Waals surface area contributed by atoms with Crippen molar-refractivity contribution >= 4 is 17.3 Å². The monoisotopic (exact) mass is 361 g/mol. The predicted octanol–water partition coefficient (Wildman–Crippen LogP) is 3.36. The summed E-state index contributed by atoms with van der Waals surface area (Å²) in [5.74, 6) is -1.18. The number of esters is 1. The van der Waals surface area contributed by atoms with Crippen molar-refractivity contribution < 1.29 is 14.3 Å². The Labute approximate surface area is 152 Å². The molecule has 0 saturated heterocycles. The SMILES string of the molecule is C=C(OC)C(C)(C)Cc1csc(C(C)(C(=O)OCC)C(C#N)C#N)n1. The van der Waals surface area contributed by atoms with E-state index in [4.69, 9.17) is 9.47 Å². The molecule has 25 heavy (non-hydrogen) atoms. The van der Waals surface area contributed by atoms with E-state index in [0.29, 0.717) is 17.2 Å². The molecule has 1 heterocycles. The predicted molar refractivity (Wildman–Crippen MR) is 94.4 cm³/mol. The van der Waals surface area contributed by atoms with Crippen molar-refractivity contribution in [2.75, 3.05) is 13.7 Å². The topological polar surface area (TPSA) is 96.0 Å². The minimum Gasteiger partial charge on any atom is -0.501 e. The zero-order chi connectivity index (χ0) is 19.3. The summed E-state index contributed by atoms with van der Waals surface area (Å²) in [7, 11) is 1.57. The van der Waals surface area contributed by atoms with Crippen LogP contribution >= 0.6 is 11.3 Å². The molecule has 0 fully saturated rings. The van der Waals surface area contributed by atoms with Crippen molar-refractivity contribution in [1.29, 1.82) is 10.5 Å². The highest BCUT2D eigenvalue weighted by atomic mass is 32.1. The molecule has 0 N–H and O–H groups in total. The number of carbonyl (C=O) groups excluding carboxylic acids is 1. The summed E-state index contributed by atoms with van der Waals surface area (Å²) in [6.07, 6.45) is 0.554. The number of nitrogens with zero attached hydrogens (tertiary/aromatic N) is 3. The molecule has 1 unspecified atom stereocenters. The van der Waals surface area contributed by atoms with Crippen molar-refractivity contribution in [3.8, 4) is 12.1 Å². The van der Waals surface area contributed by atoms with Gasteiger partial charge in [-0.05, 0) is 13.8 Å². The Hall–Kier alpha value is -2.38. The Morgan fingerprint density at radius 1 is 1.40 bits per heavy atom. The number of thiazole rings is 1. The van der Waals surface area contributed by atoms with Crippen LogP contribution in [0.25, 0.3) is 0 Å². The molecule has 0 aromatic carbocycles. The standard InChI is InChI=1S/C18H23N3O3S/c1-7-24-16(22)18(5,13(9-19)10-20)15-21-14(11-25-15)8-17(3,4)12(2)23-6/h11,13H,2,7-8H2,1,3-6H3. The van der Waals surface area contributed by atoms with Gasteiger partial charge in [0.2, 0.25) is 0 Å². The van der Waals surface area contributed by atoms with Crippen LogP contribution in [0, 0.1) is 34.0 Å². The number of hydrogen-bond acceptors (Lipinski definition) is 7. The molecule has 0 amide bonds. The van der Waals surface area contributed by atoms with E-state index >= 15 is 0 Å². The Morgan fingerprint density at radius 2 is 2.00 bits per heavy atom. The normalized spacial score (nSPS) is 13.4. The van der Waals surface area contributed by atoms with Crippen molar-refractivity contribution in [3.63, 3.8) is 0 Å². The van der Waals surface area contributed by atoms with Crippen LogP contribution in [0.5, 0.6) is 0 Å². The molecule has 0 bridgehead atoms. The molecule has 1 atom stereocenters. The number of hydrogen-bond donors (Lipinski definition) is 0. The van der Waals surface area contributed by atoms with Gasteiger partial charge in [-0.25, -0.2) is 4.98 Å². The average molecular weight is 361 g/mol. The first kappa shape index (κ1) is 20.7. The molecule has 6 nitrogen and oxygen atoms in total. The van der Waals surface area contributed by atoms with Gasteiger partial charge in [0.05, 0.1) is 37.3 Å². The van der Waals surface area contributed by atoms with Gasteiger partial charge >= 0.3 is 5.97 Å². The lowest BCUT2D eigenvalue weighted by atomic mass is 9.79. The quantitative estimate of drug-likeness (QED) is 0.520. The first-order valence-corrected chi connectivity index (χ1v) is 8.70. The molecule has 0 radical (unpaired) electrons. The molecule has 1 aromatic heterocycles. The highest BCUT2D eigenvalue weighted by Crippen LogP contribution is 2.37. The van der Waals surface area contributed by atoms with Crippen LogP contribution in [-0.4, -0.2) is 24.7 Å². The molecular formula is C18H23N3O3S. The molecular weight excluding hydrogens is 338 g/mol. The molecule has 0 spiro atoms. The Balaban J connectivity index is 3.26. The van der Waals surface area contributed by atoms with Crippen molar-refractivity contribution in [3.05, 3.63) is 28.4 Å². The second-order valence-corrected chi connectivity index (χ2v) is 7.30. The molecule has 1 rings (SSSR count). The van der Waals surface area contributed by atoms with E-state index in [1.807, 2.05) is 31.4 Å². The van der Waals surface area contributed by atoms with E-state index in [-0.39, 0.29) is 12.0 Å². The number of nitriles is 2. The summed E-state index contributed by atoms with van der Waals surface area (Å²) in [6, 6.07) is 3.77. The van der Waals surface area contributed by atoms with Crippen molar-refractivity contribution in [1.82, 2.24) is 4.98 Å². The number of aromatic nitrogens is 1. The van der Waals surface area contributed by atoms with Crippen LogP contribution in [0.1, 0.15) is 38.4 Å². The van der Waals surface area contributed by atoms with Gasteiger partial charge in [-0.3, -0.25) is 4.79 Å². The van der Waals surface area contributed by atoms with Gasteiger partial charge in [0, 0.05) is 17.2 Å². The molecule has 7 heteroatoms. The fourth-order valence-electron chi connectivity index (χ4n) is 2.35. The number of allylic oxidation sites excluding steroid dienone is 1. The van der Waals surface area contributed by atoms with Crippen molar-refractivity contribution in [2.45, 2.75) is 39.5 Å². The smallest absolute Gasteiger partial charge is 0.321 e. The highest BCUT2D eigenvalue weighted by molar-refractivity contribution is 7.10. The van der Waals surface area contributed by atoms with Gasteiger partial charge < -0.3 is 9.47 Å². The third kappa shape index (κ3) is 4.18. The first-order chi connectivity index (χ1) is 11.7. The van der Waals surface area contributed by atoms with E-state index in [0.717, 1.165) is 5.69 Å². The summed E-state index contributed by atoms with van der Waals surface area (Å²) in [4.78, 5) is 17.0. The fourth-order valence-corrected chi connectivity index (χ4v) is 3.35. The minimum absolute atomic E-state index is 0.164. The minimum atomic E-state index is -1.43. The molecule has 0 aliphatic heterocycles. The average Bonchev–Trinajstić information content (AvgIpc) is 3.03. The Morgan fingerprint density at radius 3 is 2.48 bits per heavy atom. The zero-order valence-electron chi connectivity index (χ0n) is 15.3. The van der Waals surface area contributed by atoms with Crippen LogP contribution in [0.2, 0.25) is 0 Å². The van der Waals surface area contributed by atoms with Crippen LogP contribution in [0.3, 0.4) is 0 Å². The number of carbonyl (C=O) groups is 1. The summed E-state index contributed by atoms with van der Waals surface area (Å²) in [6.45, 7) is 11.2. The maximum Gasteiger partial charge on any atom is 0.321 e. The number of ether oxygens (including phenoxy) is 2. The fraction of sp³-hybridized carbons (Fsp3) is 0.556. The van der Waals surface area contributed by atoms with Crippen LogP contribution in [0.15, 0.2) is 17.7 Å². The van der Waals surface area contributed by atoms with Gasteiger partial charge in [0.25, 0.3) is 0 Å². The van der Waals surface area contributed by atoms with E-state index in [1.165, 1.54) is 18.3 Å². The second kappa shape index (κ2) is 8.13. The molecule has 1 aromatic rings. The summed E-state index contributed by atoms with van der Waals surface area (Å²) in [5, 5.41) is 20.8. The number of rotatable bonds is 8. The van der Waals surface area contributed by atoms with E-state index in [2.05, 4.69) is 11.6 Å². The second-order valence-electron chi connectivity index (χ2n) is 6.45. The van der Waals surface area contributed by atoms with E-state index in [1.54, 1.807) is 14.0 Å². The molecule has 0 aliphatic carbocycles. The highest BCUT2D eigenvalue weighted by Gasteiger charge is 2.48. The van der Waals surface area contributed by atoms with E-state index < -0.39 is 17.3 Å². The first-order valence-electron chi connectivity index (χ1n) is 7.82. The van der Waals surface area contributed by atoms with Crippen LogP contribution < -0.4 is 0 Å². The zero-order valence-corrected chi connectivity index (χ0v) is 16.1. The number of methoxy groups -OCH3 is 1. The van der Waals surface area contributed by atoms with Crippen LogP contribution in [-0.2, 0) is 26.1 Å². The maximum absolute atomic E-state index is 12.5. The molecule has 134 valence electrons. The lowest BCUT2D eigenvalue weighted by Gasteiger charge is -2.26. The molecule has 0 aliphatic rings. The lowest BCUT2D eigenvalue weighted by molar-refractivity contribution is -0.150. The van der Waals surface area contributed by atoms with Crippen molar-refractivity contribution in [2.24, 2.45) is 11.3 Å². The maximum atomic E-state index is 12.5.